The summed E-state index contributed by atoms with van der Waals surface area (Å²) in [5, 5.41) is 13.1. The largest absolute Gasteiger partial charge is 0.493 e. The Morgan fingerprint density at radius 2 is 1.59 bits per heavy atom. The van der Waals surface area contributed by atoms with Crippen LogP contribution in [-0.2, 0) is 0 Å². The summed E-state index contributed by atoms with van der Waals surface area (Å²) in [4.78, 5) is 14.5. The molecule has 0 fully saturated rings. The zero-order valence-corrected chi connectivity index (χ0v) is 16.3. The van der Waals surface area contributed by atoms with Crippen molar-refractivity contribution >= 4 is 11.6 Å². The van der Waals surface area contributed by atoms with Gasteiger partial charge in [-0.2, -0.15) is 0 Å². The van der Waals surface area contributed by atoms with Gasteiger partial charge in [-0.15, -0.1) is 0 Å². The van der Waals surface area contributed by atoms with Crippen molar-refractivity contribution in [3.63, 3.8) is 0 Å². The number of ether oxygens (including phenoxy) is 3. The predicted molar refractivity (Wildman–Crippen MR) is 104 cm³/mol. The molecule has 0 radical (unpaired) electrons. The highest BCUT2D eigenvalue weighted by Gasteiger charge is 2.18. The molecule has 1 atom stereocenters. The molecule has 0 aliphatic rings. The second-order valence-corrected chi connectivity index (χ2v) is 6.13. The van der Waals surface area contributed by atoms with Crippen LogP contribution in [0.3, 0.4) is 0 Å². The van der Waals surface area contributed by atoms with Gasteiger partial charge in [0.15, 0.2) is 11.5 Å². The Hall–Kier alpha value is -2.93. The molecule has 0 spiro atoms. The second-order valence-electron chi connectivity index (χ2n) is 6.13. The lowest BCUT2D eigenvalue weighted by atomic mass is 10.1. The first-order chi connectivity index (χ1) is 12.9. The molecule has 0 heterocycles. The first kappa shape index (κ1) is 20.4. The van der Waals surface area contributed by atoms with Crippen molar-refractivity contribution in [1.82, 2.24) is 5.32 Å². The fraction of sp³-hybridized carbons (Fsp3) is 0.350. The molecule has 0 saturated heterocycles. The van der Waals surface area contributed by atoms with Crippen molar-refractivity contribution in [2.45, 2.75) is 6.10 Å². The van der Waals surface area contributed by atoms with Crippen LogP contribution in [-0.4, -0.2) is 53.0 Å². The average molecular weight is 374 g/mol. The van der Waals surface area contributed by atoms with Crippen LogP contribution in [0.4, 0.5) is 5.69 Å². The van der Waals surface area contributed by atoms with Crippen LogP contribution in [0.1, 0.15) is 22.0 Å². The highest BCUT2D eigenvalue weighted by Crippen LogP contribution is 2.38. The molecule has 0 aromatic heterocycles. The lowest BCUT2D eigenvalue weighted by Crippen LogP contribution is -2.28. The van der Waals surface area contributed by atoms with Crippen LogP contribution in [0.5, 0.6) is 17.2 Å². The number of hydrogen-bond acceptors (Lipinski definition) is 6. The zero-order chi connectivity index (χ0) is 20.0. The Bertz CT molecular complexity index is 749. The van der Waals surface area contributed by atoms with Gasteiger partial charge in [0.2, 0.25) is 5.75 Å². The lowest BCUT2D eigenvalue weighted by molar-refractivity contribution is 0.0915. The summed E-state index contributed by atoms with van der Waals surface area (Å²) < 4.78 is 15.8. The molecule has 0 saturated carbocycles. The Balaban J connectivity index is 2.08. The minimum absolute atomic E-state index is 0.0802. The number of carbonyl (C=O) groups excluding carboxylic acids is 1. The molecule has 2 N–H and O–H groups in total. The first-order valence-corrected chi connectivity index (χ1v) is 8.44. The third kappa shape index (κ3) is 4.83. The maximum absolute atomic E-state index is 12.5. The van der Waals surface area contributed by atoms with E-state index in [2.05, 4.69) is 5.32 Å². The molecular weight excluding hydrogens is 348 g/mol. The summed E-state index contributed by atoms with van der Waals surface area (Å²) in [6.45, 7) is 0.0802. The molecule has 1 amide bonds. The number of aliphatic hydroxyl groups is 1. The van der Waals surface area contributed by atoms with Gasteiger partial charge in [-0.1, -0.05) is 12.1 Å². The van der Waals surface area contributed by atoms with Gasteiger partial charge in [-0.05, 0) is 29.8 Å². The van der Waals surface area contributed by atoms with Crippen molar-refractivity contribution in [3.8, 4) is 17.2 Å². The van der Waals surface area contributed by atoms with E-state index < -0.39 is 6.10 Å². The van der Waals surface area contributed by atoms with Crippen LogP contribution in [0.25, 0.3) is 0 Å². The molecule has 1 unspecified atom stereocenters. The molecule has 0 aliphatic heterocycles. The first-order valence-electron chi connectivity index (χ1n) is 8.44. The van der Waals surface area contributed by atoms with E-state index in [9.17, 15) is 9.90 Å². The third-order valence-electron chi connectivity index (χ3n) is 4.18. The van der Waals surface area contributed by atoms with Crippen LogP contribution >= 0.6 is 0 Å². The summed E-state index contributed by atoms with van der Waals surface area (Å²) in [6.07, 6.45) is -0.813. The fourth-order valence-corrected chi connectivity index (χ4v) is 2.62. The number of anilines is 1. The van der Waals surface area contributed by atoms with Crippen LogP contribution in [0, 0.1) is 0 Å². The number of benzene rings is 2. The SMILES string of the molecule is COc1cc(C(=O)NCC(O)c2ccc(N(C)C)cc2)cc(OC)c1OC. The van der Waals surface area contributed by atoms with E-state index in [1.807, 2.05) is 43.3 Å². The number of methoxy groups -OCH3 is 3. The number of rotatable bonds is 8. The van der Waals surface area contributed by atoms with Crippen LogP contribution in [0.15, 0.2) is 36.4 Å². The molecule has 7 heteroatoms. The quantitative estimate of drug-likeness (QED) is 0.738. The lowest BCUT2D eigenvalue weighted by Gasteiger charge is -2.16. The maximum Gasteiger partial charge on any atom is 0.251 e. The third-order valence-corrected chi connectivity index (χ3v) is 4.18. The second kappa shape index (κ2) is 9.14. The number of aliphatic hydroxyl groups excluding tert-OH is 1. The van der Waals surface area contributed by atoms with Gasteiger partial charge < -0.3 is 29.5 Å². The Labute approximate surface area is 159 Å². The minimum Gasteiger partial charge on any atom is -0.493 e. The van der Waals surface area contributed by atoms with Crippen molar-refractivity contribution in [2.75, 3.05) is 46.9 Å². The normalized spacial score (nSPS) is 11.5. The molecule has 27 heavy (non-hydrogen) atoms. The molecule has 7 nitrogen and oxygen atoms in total. The van der Waals surface area contributed by atoms with E-state index in [1.165, 1.54) is 21.3 Å². The summed E-state index contributed by atoms with van der Waals surface area (Å²) in [5.41, 5.74) is 2.11. The smallest absolute Gasteiger partial charge is 0.251 e. The van der Waals surface area contributed by atoms with E-state index in [0.717, 1.165) is 11.3 Å². The average Bonchev–Trinajstić information content (AvgIpc) is 2.70. The summed E-state index contributed by atoms with van der Waals surface area (Å²) in [5.74, 6) is 0.847. The highest BCUT2D eigenvalue weighted by atomic mass is 16.5. The van der Waals surface area contributed by atoms with Crippen molar-refractivity contribution in [3.05, 3.63) is 47.5 Å². The standard InChI is InChI=1S/C20H26N2O5/c1-22(2)15-8-6-13(7-9-15)16(23)12-21-20(24)14-10-17(25-3)19(27-5)18(11-14)26-4/h6-11,16,23H,12H2,1-5H3,(H,21,24). The zero-order valence-electron chi connectivity index (χ0n) is 16.3. The van der Waals surface area contributed by atoms with Crippen molar-refractivity contribution < 1.29 is 24.1 Å². The fourth-order valence-electron chi connectivity index (χ4n) is 2.62. The van der Waals surface area contributed by atoms with E-state index in [1.54, 1.807) is 12.1 Å². The monoisotopic (exact) mass is 374 g/mol. The molecule has 0 bridgehead atoms. The van der Waals surface area contributed by atoms with Gasteiger partial charge in [0.25, 0.3) is 5.91 Å². The Morgan fingerprint density at radius 3 is 2.04 bits per heavy atom. The number of nitrogens with zero attached hydrogens (tertiary/aromatic N) is 1. The summed E-state index contributed by atoms with van der Waals surface area (Å²) >= 11 is 0. The topological polar surface area (TPSA) is 80.3 Å². The predicted octanol–water partition coefficient (Wildman–Crippen LogP) is 2.24. The van der Waals surface area contributed by atoms with E-state index in [0.29, 0.717) is 22.8 Å². The number of amides is 1. The molecule has 0 aliphatic carbocycles. The van der Waals surface area contributed by atoms with Crippen LogP contribution in [0.2, 0.25) is 0 Å². The van der Waals surface area contributed by atoms with E-state index >= 15 is 0 Å². The minimum atomic E-state index is -0.813. The maximum atomic E-state index is 12.5. The summed E-state index contributed by atoms with van der Waals surface area (Å²) in [6, 6.07) is 10.6. The van der Waals surface area contributed by atoms with Gasteiger partial charge in [-0.3, -0.25) is 4.79 Å². The molecule has 146 valence electrons. The Kier molecular flexibility index (Phi) is 6.90. The van der Waals surface area contributed by atoms with Crippen LogP contribution < -0.4 is 24.4 Å². The number of hydrogen-bond donors (Lipinski definition) is 2. The van der Waals surface area contributed by atoms with E-state index in [-0.39, 0.29) is 12.5 Å². The molecule has 2 aromatic carbocycles. The van der Waals surface area contributed by atoms with Gasteiger partial charge in [0.05, 0.1) is 27.4 Å². The highest BCUT2D eigenvalue weighted by molar-refractivity contribution is 5.95. The van der Waals surface area contributed by atoms with Crippen molar-refractivity contribution in [2.24, 2.45) is 0 Å². The molecule has 2 rings (SSSR count). The van der Waals surface area contributed by atoms with Gasteiger partial charge in [0.1, 0.15) is 0 Å². The van der Waals surface area contributed by atoms with Gasteiger partial charge >= 0.3 is 0 Å². The molecular formula is C20H26N2O5. The van der Waals surface area contributed by atoms with Gasteiger partial charge in [-0.25, -0.2) is 0 Å². The molecule has 2 aromatic rings. The number of nitrogens with one attached hydrogen (secondary N) is 1. The van der Waals surface area contributed by atoms with E-state index in [4.69, 9.17) is 14.2 Å². The summed E-state index contributed by atoms with van der Waals surface area (Å²) in [7, 11) is 8.37. The van der Waals surface area contributed by atoms with Gasteiger partial charge in [0, 0.05) is 31.9 Å². The van der Waals surface area contributed by atoms with Crippen molar-refractivity contribution in [1.29, 1.82) is 0 Å². The number of carbonyl (C=O) groups is 1. The Morgan fingerprint density at radius 1 is 1.04 bits per heavy atom.